The number of benzene rings is 2. The van der Waals surface area contributed by atoms with Gasteiger partial charge in [0.2, 0.25) is 29.4 Å². The molecule has 1 fully saturated rings. The van der Waals surface area contributed by atoms with Crippen LogP contribution in [0.15, 0.2) is 42.5 Å². The highest BCUT2D eigenvalue weighted by Crippen LogP contribution is 2.40. The van der Waals surface area contributed by atoms with Gasteiger partial charge in [-0.3, -0.25) is 9.59 Å². The Balaban J connectivity index is 0.00000289. The van der Waals surface area contributed by atoms with Crippen molar-refractivity contribution in [3.63, 3.8) is 0 Å². The molecule has 0 saturated heterocycles. The molecular weight excluding hydrogens is 559 g/mol. The van der Waals surface area contributed by atoms with Crippen LogP contribution < -0.4 is 38.2 Å². The number of likely N-dealkylation sites (N-methyl/N-ethyl adjacent to an activating group) is 1. The number of ether oxygens (including phenoxy) is 3. The standard InChI is InChI=1S/C27H29N2O5.HI/c1-5-28-22(13-10-16-14-20(32-2)27(34-4)21(15-16)33-3)29(17-11-12-17)24-23(28)25(30)18-8-6-7-9-19(18)26(24)31;/h6-10,13-15,17,23-24H,5,11-12H2,1-4H3;1H/q+1;/p-1/b13-10+;. The third kappa shape index (κ3) is 4.11. The number of carbonyl (C=O) groups is 2. The van der Waals surface area contributed by atoms with E-state index in [0.29, 0.717) is 34.9 Å². The van der Waals surface area contributed by atoms with Crippen LogP contribution in [-0.2, 0) is 0 Å². The van der Waals surface area contributed by atoms with Crippen molar-refractivity contribution in [3.05, 3.63) is 59.2 Å². The van der Waals surface area contributed by atoms with Gasteiger partial charge in [-0.2, -0.15) is 0 Å². The van der Waals surface area contributed by atoms with Crippen molar-refractivity contribution in [2.24, 2.45) is 0 Å². The van der Waals surface area contributed by atoms with Gasteiger partial charge in [0.1, 0.15) is 0 Å². The van der Waals surface area contributed by atoms with Crippen molar-refractivity contribution in [2.45, 2.75) is 37.9 Å². The number of rotatable bonds is 7. The fraction of sp³-hybridized carbons (Fsp3) is 0.370. The Kier molecular flexibility index (Phi) is 7.21. The average Bonchev–Trinajstić information content (AvgIpc) is 3.65. The number of hydrogen-bond acceptors (Lipinski definition) is 6. The van der Waals surface area contributed by atoms with Crippen LogP contribution in [0.1, 0.15) is 46.0 Å². The molecule has 3 aliphatic rings. The molecule has 1 saturated carbocycles. The van der Waals surface area contributed by atoms with Crippen molar-refractivity contribution in [3.8, 4) is 17.2 Å². The van der Waals surface area contributed by atoms with Crippen molar-refractivity contribution in [1.82, 2.24) is 4.90 Å². The molecule has 2 aliphatic carbocycles. The topological polar surface area (TPSA) is 68.1 Å². The zero-order chi connectivity index (χ0) is 24.0. The zero-order valence-electron chi connectivity index (χ0n) is 20.3. The van der Waals surface area contributed by atoms with E-state index in [1.165, 1.54) is 0 Å². The number of halogens is 1. The Labute approximate surface area is 222 Å². The Hall–Kier alpha value is -2.88. The molecule has 0 N–H and O–H groups in total. The first-order valence-electron chi connectivity index (χ1n) is 11.6. The van der Waals surface area contributed by atoms with Gasteiger partial charge in [0.15, 0.2) is 11.5 Å². The summed E-state index contributed by atoms with van der Waals surface area (Å²) in [6.07, 6.45) is 6.01. The predicted octanol–water partition coefficient (Wildman–Crippen LogP) is 0.455. The second kappa shape index (κ2) is 10.0. The quantitative estimate of drug-likeness (QED) is 0.346. The van der Waals surface area contributed by atoms with Gasteiger partial charge < -0.3 is 38.2 Å². The molecule has 184 valence electrons. The lowest BCUT2D eigenvalue weighted by Crippen LogP contribution is -3.00. The SMILES string of the molecule is CC[N+]1=C(/C=C/c2cc(OC)c(OC)c(OC)c2)N(C2CC2)C2C(=O)c3ccccc3C(=O)C21.[I-]. The Morgan fingerprint density at radius 1 is 0.943 bits per heavy atom. The first-order chi connectivity index (χ1) is 16.5. The monoisotopic (exact) mass is 588 g/mol. The first-order valence-corrected chi connectivity index (χ1v) is 11.6. The zero-order valence-corrected chi connectivity index (χ0v) is 22.4. The van der Waals surface area contributed by atoms with Crippen LogP contribution in [0.25, 0.3) is 6.08 Å². The van der Waals surface area contributed by atoms with Crippen molar-refractivity contribution in [2.75, 3.05) is 27.9 Å². The molecule has 0 bridgehead atoms. The molecule has 0 radical (unpaired) electrons. The molecule has 1 heterocycles. The van der Waals surface area contributed by atoms with Crippen LogP contribution in [0.2, 0.25) is 0 Å². The van der Waals surface area contributed by atoms with E-state index in [0.717, 1.165) is 24.2 Å². The Morgan fingerprint density at radius 3 is 2.06 bits per heavy atom. The van der Waals surface area contributed by atoms with Gasteiger partial charge in [-0.25, -0.2) is 9.48 Å². The summed E-state index contributed by atoms with van der Waals surface area (Å²) in [7, 11) is 4.75. The third-order valence-corrected chi connectivity index (χ3v) is 6.88. The Bertz CT molecular complexity index is 1210. The normalized spacial score (nSPS) is 21.1. The van der Waals surface area contributed by atoms with Gasteiger partial charge in [0.25, 0.3) is 5.84 Å². The number of hydrogen-bond donors (Lipinski definition) is 0. The molecule has 2 atom stereocenters. The molecule has 0 spiro atoms. The lowest BCUT2D eigenvalue weighted by molar-refractivity contribution is -0.538. The minimum Gasteiger partial charge on any atom is -1.00 e. The lowest BCUT2D eigenvalue weighted by atomic mass is 9.82. The van der Waals surface area contributed by atoms with E-state index in [1.807, 2.05) is 43.3 Å². The Morgan fingerprint density at radius 2 is 1.54 bits per heavy atom. The average molecular weight is 588 g/mol. The second-order valence-electron chi connectivity index (χ2n) is 8.74. The van der Waals surface area contributed by atoms with Crippen LogP contribution in [0.4, 0.5) is 0 Å². The summed E-state index contributed by atoms with van der Waals surface area (Å²) in [6, 6.07) is 10.2. The number of Topliss-reactive ketones (excluding diaryl/α,β-unsaturated/α-hetero) is 2. The maximum absolute atomic E-state index is 13.6. The molecule has 35 heavy (non-hydrogen) atoms. The number of amidine groups is 1. The van der Waals surface area contributed by atoms with E-state index in [2.05, 4.69) is 9.48 Å². The highest BCUT2D eigenvalue weighted by molar-refractivity contribution is 6.20. The highest BCUT2D eigenvalue weighted by Gasteiger charge is 2.60. The van der Waals surface area contributed by atoms with Gasteiger partial charge in [0, 0.05) is 17.2 Å². The fourth-order valence-corrected chi connectivity index (χ4v) is 5.22. The van der Waals surface area contributed by atoms with Gasteiger partial charge >= 0.3 is 0 Å². The maximum atomic E-state index is 13.6. The van der Waals surface area contributed by atoms with E-state index < -0.39 is 12.1 Å². The molecule has 2 unspecified atom stereocenters. The van der Waals surface area contributed by atoms with Crippen LogP contribution in [0.3, 0.4) is 0 Å². The van der Waals surface area contributed by atoms with E-state index in [4.69, 9.17) is 14.2 Å². The minimum absolute atomic E-state index is 0. The second-order valence-corrected chi connectivity index (χ2v) is 8.74. The molecule has 5 rings (SSSR count). The molecule has 0 amide bonds. The summed E-state index contributed by atoms with van der Waals surface area (Å²) < 4.78 is 18.5. The highest BCUT2D eigenvalue weighted by atomic mass is 127. The summed E-state index contributed by atoms with van der Waals surface area (Å²) in [5.41, 5.74) is 1.92. The van der Waals surface area contributed by atoms with Crippen LogP contribution in [0.5, 0.6) is 17.2 Å². The largest absolute Gasteiger partial charge is 1.00 e. The number of carbonyl (C=O) groups excluding carboxylic acids is 2. The molecule has 1 aliphatic heterocycles. The van der Waals surface area contributed by atoms with Gasteiger partial charge in [-0.15, -0.1) is 0 Å². The van der Waals surface area contributed by atoms with Gasteiger partial charge in [-0.1, -0.05) is 24.3 Å². The van der Waals surface area contributed by atoms with Crippen LogP contribution >= 0.6 is 0 Å². The molecule has 8 heteroatoms. The summed E-state index contributed by atoms with van der Waals surface area (Å²) in [4.78, 5) is 29.3. The maximum Gasteiger partial charge on any atom is 0.273 e. The number of ketones is 2. The molecule has 7 nitrogen and oxygen atoms in total. The predicted molar refractivity (Wildman–Crippen MR) is 128 cm³/mol. The molecule has 0 aromatic heterocycles. The lowest BCUT2D eigenvalue weighted by Gasteiger charge is -2.27. The van der Waals surface area contributed by atoms with E-state index in [1.54, 1.807) is 33.5 Å². The molecular formula is C27H29IN2O5. The number of nitrogens with zero attached hydrogens (tertiary/aromatic N) is 2. The van der Waals surface area contributed by atoms with Gasteiger partial charge in [-0.05, 0) is 43.5 Å². The van der Waals surface area contributed by atoms with E-state index in [-0.39, 0.29) is 41.6 Å². The third-order valence-electron chi connectivity index (χ3n) is 6.88. The molecule has 2 aromatic carbocycles. The van der Waals surface area contributed by atoms with Crippen LogP contribution in [0, 0.1) is 0 Å². The van der Waals surface area contributed by atoms with E-state index >= 15 is 0 Å². The van der Waals surface area contributed by atoms with E-state index in [9.17, 15) is 9.59 Å². The van der Waals surface area contributed by atoms with Gasteiger partial charge in [0.05, 0.1) is 33.9 Å². The van der Waals surface area contributed by atoms with Crippen LogP contribution in [-0.4, -0.2) is 72.9 Å². The summed E-state index contributed by atoms with van der Waals surface area (Å²) in [5.74, 6) is 2.62. The minimum atomic E-state index is -0.507. The smallest absolute Gasteiger partial charge is 0.273 e. The fourth-order valence-electron chi connectivity index (χ4n) is 5.22. The summed E-state index contributed by atoms with van der Waals surface area (Å²) >= 11 is 0. The number of methoxy groups -OCH3 is 3. The summed E-state index contributed by atoms with van der Waals surface area (Å²) in [6.45, 7) is 2.65. The number of fused-ring (bicyclic) bond motifs is 2. The van der Waals surface area contributed by atoms with Crippen molar-refractivity contribution < 1.29 is 52.4 Å². The van der Waals surface area contributed by atoms with Crippen molar-refractivity contribution in [1.29, 1.82) is 0 Å². The first kappa shape index (κ1) is 25.2. The van der Waals surface area contributed by atoms with Crippen molar-refractivity contribution >= 4 is 23.5 Å². The summed E-state index contributed by atoms with van der Waals surface area (Å²) in [5, 5.41) is 0. The molecule has 2 aromatic rings.